The van der Waals surface area contributed by atoms with E-state index in [4.69, 9.17) is 5.41 Å². The Labute approximate surface area is 73.6 Å². The fourth-order valence-electron chi connectivity index (χ4n) is 1.49. The lowest BCUT2D eigenvalue weighted by atomic mass is 9.84. The topological polar surface area (TPSA) is 40.9 Å². The molecule has 0 aromatic heterocycles. The number of Topliss-reactive ketones (excluding diaryl/α,β-unsaturated/α-hetero) is 1. The molecule has 0 amide bonds. The Balaban J connectivity index is 2.70. The highest BCUT2D eigenvalue weighted by molar-refractivity contribution is 6.06. The minimum Gasteiger partial charge on any atom is -0.300 e. The average molecular weight is 193 g/mol. The van der Waals surface area contributed by atoms with E-state index in [0.29, 0.717) is 12.8 Å². The van der Waals surface area contributed by atoms with Crippen molar-refractivity contribution in [3.05, 3.63) is 0 Å². The van der Waals surface area contributed by atoms with Crippen LogP contribution in [0.1, 0.15) is 25.7 Å². The van der Waals surface area contributed by atoms with Gasteiger partial charge in [0.05, 0.1) is 5.92 Å². The first-order valence-corrected chi connectivity index (χ1v) is 4.11. The highest BCUT2D eigenvalue weighted by atomic mass is 19.4. The summed E-state index contributed by atoms with van der Waals surface area (Å²) in [6.07, 6.45) is -3.02. The highest BCUT2D eigenvalue weighted by Crippen LogP contribution is 2.29. The monoisotopic (exact) mass is 193 g/mol. The van der Waals surface area contributed by atoms with Crippen LogP contribution in [-0.2, 0) is 4.79 Å². The molecular formula is C8H10F3NO. The molecule has 0 unspecified atom stereocenters. The SMILES string of the molecule is N=C([C@H]1CCCCC1=O)C(F)(F)F. The number of halogens is 3. The Hall–Kier alpha value is -0.870. The van der Waals surface area contributed by atoms with E-state index in [-0.39, 0.29) is 12.8 Å². The van der Waals surface area contributed by atoms with Gasteiger partial charge in [-0.15, -0.1) is 0 Å². The van der Waals surface area contributed by atoms with Gasteiger partial charge in [-0.05, 0) is 12.8 Å². The van der Waals surface area contributed by atoms with Crippen molar-refractivity contribution in [3.8, 4) is 0 Å². The van der Waals surface area contributed by atoms with Gasteiger partial charge in [0, 0.05) is 6.42 Å². The van der Waals surface area contributed by atoms with Crippen molar-refractivity contribution in [2.75, 3.05) is 0 Å². The molecule has 1 N–H and O–H groups in total. The number of rotatable bonds is 1. The van der Waals surface area contributed by atoms with Crippen LogP contribution in [0.2, 0.25) is 0 Å². The molecule has 1 aliphatic carbocycles. The number of hydrogen-bond donors (Lipinski definition) is 1. The van der Waals surface area contributed by atoms with Gasteiger partial charge >= 0.3 is 6.18 Å². The van der Waals surface area contributed by atoms with E-state index in [1.54, 1.807) is 0 Å². The van der Waals surface area contributed by atoms with Gasteiger partial charge in [0.15, 0.2) is 0 Å². The lowest BCUT2D eigenvalue weighted by Gasteiger charge is -2.22. The smallest absolute Gasteiger partial charge is 0.300 e. The number of hydrogen-bond acceptors (Lipinski definition) is 2. The molecule has 0 aromatic carbocycles. The molecule has 1 rings (SSSR count). The van der Waals surface area contributed by atoms with Crippen molar-refractivity contribution in [2.24, 2.45) is 5.92 Å². The molecule has 1 atom stereocenters. The predicted octanol–water partition coefficient (Wildman–Crippen LogP) is 2.33. The number of carbonyl (C=O) groups excluding carboxylic acids is 1. The predicted molar refractivity (Wildman–Crippen MR) is 40.7 cm³/mol. The van der Waals surface area contributed by atoms with E-state index >= 15 is 0 Å². The average Bonchev–Trinajstić information content (AvgIpc) is 2.02. The Morgan fingerprint density at radius 2 is 2.00 bits per heavy atom. The minimum atomic E-state index is -4.64. The normalized spacial score (nSPS) is 24.5. The first-order chi connectivity index (χ1) is 5.93. The zero-order valence-corrected chi connectivity index (χ0v) is 6.95. The summed E-state index contributed by atoms with van der Waals surface area (Å²) in [5, 5.41) is 6.82. The lowest BCUT2D eigenvalue weighted by molar-refractivity contribution is -0.124. The van der Waals surface area contributed by atoms with Gasteiger partial charge in [0.25, 0.3) is 0 Å². The van der Waals surface area contributed by atoms with Gasteiger partial charge < -0.3 is 0 Å². The van der Waals surface area contributed by atoms with Crippen molar-refractivity contribution >= 4 is 11.5 Å². The van der Waals surface area contributed by atoms with Gasteiger partial charge in [-0.3, -0.25) is 10.2 Å². The molecule has 0 spiro atoms. The number of alkyl halides is 3. The van der Waals surface area contributed by atoms with E-state index in [9.17, 15) is 18.0 Å². The molecule has 0 aromatic rings. The van der Waals surface area contributed by atoms with Crippen LogP contribution < -0.4 is 0 Å². The van der Waals surface area contributed by atoms with Crippen LogP contribution in [0.4, 0.5) is 13.2 Å². The van der Waals surface area contributed by atoms with E-state index in [1.165, 1.54) is 0 Å². The second kappa shape index (κ2) is 3.47. The largest absolute Gasteiger partial charge is 0.429 e. The molecule has 2 nitrogen and oxygen atoms in total. The quantitative estimate of drug-likeness (QED) is 0.638. The second-order valence-corrected chi connectivity index (χ2v) is 3.18. The van der Waals surface area contributed by atoms with Crippen LogP contribution in [0.3, 0.4) is 0 Å². The van der Waals surface area contributed by atoms with Crippen molar-refractivity contribution in [3.63, 3.8) is 0 Å². The Morgan fingerprint density at radius 3 is 2.46 bits per heavy atom. The molecule has 0 bridgehead atoms. The fraction of sp³-hybridized carbons (Fsp3) is 0.750. The zero-order chi connectivity index (χ0) is 10.1. The van der Waals surface area contributed by atoms with Crippen molar-refractivity contribution in [1.29, 1.82) is 5.41 Å². The third-order valence-electron chi connectivity index (χ3n) is 2.21. The van der Waals surface area contributed by atoms with Gasteiger partial charge in [-0.2, -0.15) is 13.2 Å². The Kier molecular flexibility index (Phi) is 2.73. The summed E-state index contributed by atoms with van der Waals surface area (Å²) in [5.41, 5.74) is -1.38. The van der Waals surface area contributed by atoms with Crippen molar-refractivity contribution in [1.82, 2.24) is 0 Å². The van der Waals surface area contributed by atoms with Crippen LogP contribution in [0.5, 0.6) is 0 Å². The zero-order valence-electron chi connectivity index (χ0n) is 6.95. The summed E-state index contributed by atoms with van der Waals surface area (Å²) in [5.74, 6) is -1.64. The second-order valence-electron chi connectivity index (χ2n) is 3.18. The summed E-state index contributed by atoms with van der Waals surface area (Å²) in [7, 11) is 0. The number of carbonyl (C=O) groups is 1. The maximum absolute atomic E-state index is 12.0. The summed E-state index contributed by atoms with van der Waals surface area (Å²) >= 11 is 0. The van der Waals surface area contributed by atoms with Crippen LogP contribution in [0.15, 0.2) is 0 Å². The van der Waals surface area contributed by atoms with E-state index in [2.05, 4.69) is 0 Å². The Bertz CT molecular complexity index is 234. The summed E-state index contributed by atoms with van der Waals surface area (Å²) < 4.78 is 36.1. The molecule has 0 radical (unpaired) electrons. The number of nitrogens with one attached hydrogen (secondary N) is 1. The molecular weight excluding hydrogens is 183 g/mol. The Morgan fingerprint density at radius 1 is 1.38 bits per heavy atom. The molecule has 0 aliphatic heterocycles. The van der Waals surface area contributed by atoms with Crippen molar-refractivity contribution in [2.45, 2.75) is 31.9 Å². The minimum absolute atomic E-state index is 0.178. The van der Waals surface area contributed by atoms with Gasteiger partial charge in [-0.1, -0.05) is 6.42 Å². The first kappa shape index (κ1) is 10.2. The van der Waals surface area contributed by atoms with E-state index < -0.39 is 23.6 Å². The third-order valence-corrected chi connectivity index (χ3v) is 2.21. The summed E-state index contributed by atoms with van der Waals surface area (Å²) in [6.45, 7) is 0. The molecule has 13 heavy (non-hydrogen) atoms. The first-order valence-electron chi connectivity index (χ1n) is 4.11. The van der Waals surface area contributed by atoms with Gasteiger partial charge in [0.2, 0.25) is 0 Å². The van der Waals surface area contributed by atoms with E-state index in [1.807, 2.05) is 0 Å². The molecule has 1 aliphatic rings. The van der Waals surface area contributed by atoms with Gasteiger partial charge in [-0.25, -0.2) is 0 Å². The highest BCUT2D eigenvalue weighted by Gasteiger charge is 2.42. The molecule has 0 saturated heterocycles. The van der Waals surface area contributed by atoms with Crippen LogP contribution in [0.25, 0.3) is 0 Å². The summed E-state index contributed by atoms with van der Waals surface area (Å²) in [4.78, 5) is 11.0. The lowest BCUT2D eigenvalue weighted by Crippen LogP contribution is -2.36. The molecule has 0 heterocycles. The molecule has 1 fully saturated rings. The van der Waals surface area contributed by atoms with Crippen LogP contribution in [-0.4, -0.2) is 17.7 Å². The van der Waals surface area contributed by atoms with Crippen LogP contribution >= 0.6 is 0 Å². The standard InChI is InChI=1S/C8H10F3NO/c9-8(10,11)7(12)5-3-1-2-4-6(5)13/h5,12H,1-4H2/t5-/m0/s1. The van der Waals surface area contributed by atoms with Crippen molar-refractivity contribution < 1.29 is 18.0 Å². The van der Waals surface area contributed by atoms with Crippen LogP contribution in [0, 0.1) is 11.3 Å². The molecule has 5 heteroatoms. The maximum atomic E-state index is 12.0. The number of ketones is 1. The third kappa shape index (κ3) is 2.29. The molecule has 74 valence electrons. The molecule has 1 saturated carbocycles. The fourth-order valence-corrected chi connectivity index (χ4v) is 1.49. The van der Waals surface area contributed by atoms with Gasteiger partial charge in [0.1, 0.15) is 11.5 Å². The summed E-state index contributed by atoms with van der Waals surface area (Å²) in [6, 6.07) is 0. The maximum Gasteiger partial charge on any atom is 0.429 e. The van der Waals surface area contributed by atoms with E-state index in [0.717, 1.165) is 0 Å².